The Morgan fingerprint density at radius 1 is 1.24 bits per heavy atom. The van der Waals surface area contributed by atoms with Gasteiger partial charge in [0.15, 0.2) is 0 Å². The van der Waals surface area contributed by atoms with Crippen LogP contribution >= 0.6 is 0 Å². The lowest BCUT2D eigenvalue weighted by Gasteiger charge is -2.02. The van der Waals surface area contributed by atoms with Crippen LogP contribution in [0.1, 0.15) is 11.1 Å². The van der Waals surface area contributed by atoms with Crippen LogP contribution in [-0.4, -0.2) is 10.0 Å². The normalized spacial score (nSPS) is 11.0. The molecule has 0 radical (unpaired) electrons. The summed E-state index contributed by atoms with van der Waals surface area (Å²) >= 11 is 0. The van der Waals surface area contributed by atoms with Gasteiger partial charge in [-0.2, -0.15) is 0 Å². The molecule has 106 valence electrons. The molecule has 0 amide bonds. The van der Waals surface area contributed by atoms with Crippen LogP contribution in [0.5, 0.6) is 0 Å². The molecule has 0 atom stereocenters. The lowest BCUT2D eigenvalue weighted by atomic mass is 10.0. The highest BCUT2D eigenvalue weighted by Gasteiger charge is 2.25. The fourth-order valence-corrected chi connectivity index (χ4v) is 2.43. The van der Waals surface area contributed by atoms with Crippen LogP contribution in [0, 0.1) is 17.0 Å². The Hall–Kier alpha value is -2.66. The molecule has 0 saturated carbocycles. The predicted molar refractivity (Wildman–Crippen MR) is 79.0 cm³/mol. The number of nitrogens with zero attached hydrogens (tertiary/aromatic N) is 1. The fourth-order valence-electron chi connectivity index (χ4n) is 2.43. The SMILES string of the molecule is Cc1ccc2oc([N+](=O)[O-])c(-c3cccc(CO)c3)c2c1. The minimum atomic E-state index is -0.518. The van der Waals surface area contributed by atoms with Crippen molar-refractivity contribution >= 4 is 16.9 Å². The molecule has 0 bridgehead atoms. The third-order valence-electron chi connectivity index (χ3n) is 3.39. The van der Waals surface area contributed by atoms with E-state index in [0.29, 0.717) is 27.7 Å². The number of furan rings is 1. The van der Waals surface area contributed by atoms with Crippen LogP contribution in [0.25, 0.3) is 22.1 Å². The second-order valence-corrected chi connectivity index (χ2v) is 4.90. The van der Waals surface area contributed by atoms with E-state index in [0.717, 1.165) is 5.56 Å². The van der Waals surface area contributed by atoms with Crippen molar-refractivity contribution in [3.05, 3.63) is 63.7 Å². The molecule has 0 unspecified atom stereocenters. The standard InChI is InChI=1S/C16H13NO4/c1-10-5-6-14-13(7-10)15(16(21-14)17(19)20)12-4-2-3-11(8-12)9-18/h2-8,18H,9H2,1H3. The maximum absolute atomic E-state index is 11.3. The van der Waals surface area contributed by atoms with E-state index < -0.39 is 4.92 Å². The van der Waals surface area contributed by atoms with Crippen LogP contribution in [-0.2, 0) is 6.61 Å². The van der Waals surface area contributed by atoms with Gasteiger partial charge < -0.3 is 9.52 Å². The Morgan fingerprint density at radius 2 is 2.05 bits per heavy atom. The second-order valence-electron chi connectivity index (χ2n) is 4.90. The van der Waals surface area contributed by atoms with E-state index in [2.05, 4.69) is 0 Å². The zero-order valence-electron chi connectivity index (χ0n) is 11.4. The summed E-state index contributed by atoms with van der Waals surface area (Å²) in [4.78, 5) is 10.7. The highest BCUT2D eigenvalue weighted by atomic mass is 16.6. The third kappa shape index (κ3) is 2.28. The van der Waals surface area contributed by atoms with Gasteiger partial charge in [0.05, 0.1) is 6.61 Å². The number of aliphatic hydroxyl groups excluding tert-OH is 1. The van der Waals surface area contributed by atoms with Gasteiger partial charge in [-0.15, -0.1) is 0 Å². The van der Waals surface area contributed by atoms with Gasteiger partial charge in [0.1, 0.15) is 16.1 Å². The van der Waals surface area contributed by atoms with Gasteiger partial charge in [0, 0.05) is 5.39 Å². The number of aryl methyl sites for hydroxylation is 1. The number of hydrogen-bond donors (Lipinski definition) is 1. The van der Waals surface area contributed by atoms with E-state index in [9.17, 15) is 15.2 Å². The summed E-state index contributed by atoms with van der Waals surface area (Å²) in [7, 11) is 0. The first-order valence-electron chi connectivity index (χ1n) is 6.48. The Morgan fingerprint density at radius 3 is 2.76 bits per heavy atom. The molecular weight excluding hydrogens is 270 g/mol. The van der Waals surface area contributed by atoms with E-state index >= 15 is 0 Å². The van der Waals surface area contributed by atoms with Crippen molar-refractivity contribution in [1.29, 1.82) is 0 Å². The Bertz CT molecular complexity index is 835. The van der Waals surface area contributed by atoms with Gasteiger partial charge in [0.2, 0.25) is 0 Å². The first-order valence-corrected chi connectivity index (χ1v) is 6.48. The molecule has 1 N–H and O–H groups in total. The van der Waals surface area contributed by atoms with Gasteiger partial charge in [-0.05, 0) is 36.2 Å². The third-order valence-corrected chi connectivity index (χ3v) is 3.39. The molecule has 2 aromatic carbocycles. The van der Waals surface area contributed by atoms with Crippen LogP contribution in [0.4, 0.5) is 5.88 Å². The van der Waals surface area contributed by atoms with Crippen molar-refractivity contribution in [2.24, 2.45) is 0 Å². The maximum Gasteiger partial charge on any atom is 0.442 e. The summed E-state index contributed by atoms with van der Waals surface area (Å²) < 4.78 is 5.38. The molecule has 0 saturated heterocycles. The first kappa shape index (κ1) is 13.3. The zero-order chi connectivity index (χ0) is 15.0. The van der Waals surface area contributed by atoms with Crippen molar-refractivity contribution in [1.82, 2.24) is 0 Å². The minimum Gasteiger partial charge on any atom is -0.400 e. The van der Waals surface area contributed by atoms with E-state index in [1.54, 1.807) is 30.3 Å². The van der Waals surface area contributed by atoms with Crippen LogP contribution in [0.15, 0.2) is 46.9 Å². The Balaban J connectivity index is 2.35. The summed E-state index contributed by atoms with van der Waals surface area (Å²) in [5, 5.41) is 21.2. The fraction of sp³-hybridized carbons (Fsp3) is 0.125. The van der Waals surface area contributed by atoms with Crippen LogP contribution in [0.3, 0.4) is 0 Å². The average molecular weight is 283 g/mol. The van der Waals surface area contributed by atoms with E-state index in [1.165, 1.54) is 0 Å². The lowest BCUT2D eigenvalue weighted by molar-refractivity contribution is -0.400. The topological polar surface area (TPSA) is 76.5 Å². The van der Waals surface area contributed by atoms with Gasteiger partial charge >= 0.3 is 5.88 Å². The zero-order valence-corrected chi connectivity index (χ0v) is 11.4. The van der Waals surface area contributed by atoms with E-state index in [1.807, 2.05) is 19.1 Å². The van der Waals surface area contributed by atoms with Crippen molar-refractivity contribution in [3.63, 3.8) is 0 Å². The lowest BCUT2D eigenvalue weighted by Crippen LogP contribution is -1.90. The number of aliphatic hydroxyl groups is 1. The largest absolute Gasteiger partial charge is 0.442 e. The van der Waals surface area contributed by atoms with Crippen molar-refractivity contribution in [3.8, 4) is 11.1 Å². The summed E-state index contributed by atoms with van der Waals surface area (Å²) in [5.41, 5.74) is 3.30. The quantitative estimate of drug-likeness (QED) is 0.585. The molecular formula is C16H13NO4. The van der Waals surface area contributed by atoms with Crippen molar-refractivity contribution < 1.29 is 14.4 Å². The first-order chi connectivity index (χ1) is 10.1. The Labute approximate surface area is 120 Å². The molecule has 3 rings (SSSR count). The highest BCUT2D eigenvalue weighted by Crippen LogP contribution is 2.40. The van der Waals surface area contributed by atoms with E-state index in [4.69, 9.17) is 4.42 Å². The van der Waals surface area contributed by atoms with Gasteiger partial charge in [-0.1, -0.05) is 29.8 Å². The predicted octanol–water partition coefficient (Wildman–Crippen LogP) is 3.81. The van der Waals surface area contributed by atoms with Gasteiger partial charge in [0.25, 0.3) is 0 Å². The molecule has 0 spiro atoms. The summed E-state index contributed by atoms with van der Waals surface area (Å²) in [6.07, 6.45) is 0. The van der Waals surface area contributed by atoms with Gasteiger partial charge in [-0.3, -0.25) is 10.1 Å². The molecule has 1 heterocycles. The van der Waals surface area contributed by atoms with E-state index in [-0.39, 0.29) is 12.5 Å². The number of fused-ring (bicyclic) bond motifs is 1. The maximum atomic E-state index is 11.3. The monoisotopic (exact) mass is 283 g/mol. The number of nitro groups is 1. The molecule has 3 aromatic rings. The summed E-state index contributed by atoms with van der Waals surface area (Å²) in [6, 6.07) is 12.5. The molecule has 21 heavy (non-hydrogen) atoms. The Kier molecular flexibility index (Phi) is 3.19. The summed E-state index contributed by atoms with van der Waals surface area (Å²) in [6.45, 7) is 1.81. The number of hydrogen-bond acceptors (Lipinski definition) is 4. The second kappa shape index (κ2) is 5.03. The number of benzene rings is 2. The smallest absolute Gasteiger partial charge is 0.400 e. The average Bonchev–Trinajstić information content (AvgIpc) is 2.86. The highest BCUT2D eigenvalue weighted by molar-refractivity contribution is 5.99. The molecule has 0 aliphatic heterocycles. The van der Waals surface area contributed by atoms with Gasteiger partial charge in [-0.25, -0.2) is 0 Å². The van der Waals surface area contributed by atoms with Crippen molar-refractivity contribution in [2.75, 3.05) is 0 Å². The minimum absolute atomic E-state index is 0.115. The van der Waals surface area contributed by atoms with Crippen LogP contribution in [0.2, 0.25) is 0 Å². The summed E-state index contributed by atoms with van der Waals surface area (Å²) in [5.74, 6) is -0.273. The van der Waals surface area contributed by atoms with Crippen molar-refractivity contribution in [2.45, 2.75) is 13.5 Å². The molecule has 0 aliphatic carbocycles. The number of rotatable bonds is 3. The molecule has 5 heteroatoms. The molecule has 5 nitrogen and oxygen atoms in total. The van der Waals surface area contributed by atoms with Crippen LogP contribution < -0.4 is 0 Å². The molecule has 1 aromatic heterocycles. The molecule has 0 aliphatic rings. The molecule has 0 fully saturated rings.